The molecular formula is C16H26N2O. The molecule has 0 spiro atoms. The molecule has 0 amide bonds. The molecule has 0 saturated carbocycles. The largest absolute Gasteiger partial charge is 0.381 e. The molecule has 19 heavy (non-hydrogen) atoms. The molecule has 1 heterocycles. The predicted octanol–water partition coefficient (Wildman–Crippen LogP) is 2.61. The van der Waals surface area contributed by atoms with E-state index in [1.54, 1.807) is 0 Å². The first-order valence-corrected chi connectivity index (χ1v) is 7.24. The molecule has 3 N–H and O–H groups in total. The van der Waals surface area contributed by atoms with Crippen LogP contribution in [0.1, 0.15) is 38.7 Å². The molecule has 0 bridgehead atoms. The third kappa shape index (κ3) is 3.56. The average molecular weight is 262 g/mol. The fraction of sp³-hybridized carbons (Fsp3) is 0.625. The van der Waals surface area contributed by atoms with E-state index in [2.05, 4.69) is 49.6 Å². The Balaban J connectivity index is 2.07. The minimum absolute atomic E-state index is 0.0360. The lowest BCUT2D eigenvalue weighted by molar-refractivity contribution is 0.0572. The maximum atomic E-state index is 5.83. The zero-order valence-electron chi connectivity index (χ0n) is 12.1. The van der Waals surface area contributed by atoms with E-state index in [0.717, 1.165) is 38.4 Å². The van der Waals surface area contributed by atoms with Crippen molar-refractivity contribution in [2.24, 2.45) is 11.8 Å². The molecule has 1 atom stereocenters. The highest BCUT2D eigenvalue weighted by molar-refractivity contribution is 5.25. The van der Waals surface area contributed by atoms with Gasteiger partial charge in [-0.15, -0.1) is 0 Å². The summed E-state index contributed by atoms with van der Waals surface area (Å²) in [5.74, 6) is 6.55. The topological polar surface area (TPSA) is 47.3 Å². The normalized spacial score (nSPS) is 19.3. The Bertz CT molecular complexity index is 372. The molecule has 106 valence electrons. The highest BCUT2D eigenvalue weighted by Crippen LogP contribution is 2.32. The van der Waals surface area contributed by atoms with Crippen LogP contribution < -0.4 is 11.3 Å². The van der Waals surface area contributed by atoms with Crippen LogP contribution in [-0.4, -0.2) is 19.3 Å². The Hall–Kier alpha value is -0.900. The van der Waals surface area contributed by atoms with Gasteiger partial charge >= 0.3 is 0 Å². The first-order chi connectivity index (χ1) is 9.14. The van der Waals surface area contributed by atoms with Gasteiger partial charge in [-0.25, -0.2) is 0 Å². The Kier molecular flexibility index (Phi) is 4.97. The van der Waals surface area contributed by atoms with Crippen LogP contribution in [0.15, 0.2) is 30.3 Å². The van der Waals surface area contributed by atoms with Crippen molar-refractivity contribution in [3.63, 3.8) is 0 Å². The van der Waals surface area contributed by atoms with Crippen molar-refractivity contribution < 1.29 is 4.74 Å². The summed E-state index contributed by atoms with van der Waals surface area (Å²) in [5, 5.41) is 0. The zero-order valence-corrected chi connectivity index (χ0v) is 12.1. The molecule has 1 aromatic carbocycles. The number of benzene rings is 1. The maximum absolute atomic E-state index is 5.83. The second-order valence-corrected chi connectivity index (χ2v) is 6.10. The Labute approximate surface area is 116 Å². The summed E-state index contributed by atoms with van der Waals surface area (Å²) in [6.45, 7) is 6.33. The SMILES string of the molecule is CC(C)(c1ccccc1)C(CC1CCOCC1)NN. The Morgan fingerprint density at radius 3 is 2.47 bits per heavy atom. The summed E-state index contributed by atoms with van der Waals surface area (Å²) < 4.78 is 5.43. The highest BCUT2D eigenvalue weighted by atomic mass is 16.5. The van der Waals surface area contributed by atoms with Gasteiger partial charge in [0.2, 0.25) is 0 Å². The first kappa shape index (κ1) is 14.5. The fourth-order valence-corrected chi connectivity index (χ4v) is 2.96. The predicted molar refractivity (Wildman–Crippen MR) is 78.7 cm³/mol. The minimum Gasteiger partial charge on any atom is -0.381 e. The van der Waals surface area contributed by atoms with Crippen molar-refractivity contribution in [1.82, 2.24) is 5.43 Å². The van der Waals surface area contributed by atoms with Crippen LogP contribution in [0.2, 0.25) is 0 Å². The van der Waals surface area contributed by atoms with Gasteiger partial charge in [-0.3, -0.25) is 11.3 Å². The molecule has 0 radical (unpaired) electrons. The Morgan fingerprint density at radius 2 is 1.89 bits per heavy atom. The van der Waals surface area contributed by atoms with Crippen molar-refractivity contribution in [2.45, 2.75) is 44.6 Å². The van der Waals surface area contributed by atoms with E-state index in [9.17, 15) is 0 Å². The van der Waals surface area contributed by atoms with Gasteiger partial charge in [0.15, 0.2) is 0 Å². The lowest BCUT2D eigenvalue weighted by atomic mass is 9.74. The Morgan fingerprint density at radius 1 is 1.26 bits per heavy atom. The van der Waals surface area contributed by atoms with E-state index in [0.29, 0.717) is 0 Å². The van der Waals surface area contributed by atoms with E-state index in [4.69, 9.17) is 10.6 Å². The van der Waals surface area contributed by atoms with Gasteiger partial charge in [0.1, 0.15) is 0 Å². The average Bonchev–Trinajstić information content (AvgIpc) is 2.46. The molecule has 1 aromatic rings. The number of hydrazine groups is 1. The van der Waals surface area contributed by atoms with E-state index >= 15 is 0 Å². The number of hydrogen-bond donors (Lipinski definition) is 2. The molecule has 3 nitrogen and oxygen atoms in total. The highest BCUT2D eigenvalue weighted by Gasteiger charge is 2.32. The number of nitrogens with one attached hydrogen (secondary N) is 1. The second kappa shape index (κ2) is 6.51. The first-order valence-electron chi connectivity index (χ1n) is 7.24. The zero-order chi connectivity index (χ0) is 13.7. The number of rotatable bonds is 5. The molecule has 1 aliphatic heterocycles. The van der Waals surface area contributed by atoms with Gasteiger partial charge in [-0.2, -0.15) is 0 Å². The minimum atomic E-state index is 0.0360. The molecular weight excluding hydrogens is 236 g/mol. The van der Waals surface area contributed by atoms with Crippen molar-refractivity contribution in [2.75, 3.05) is 13.2 Å². The summed E-state index contributed by atoms with van der Waals surface area (Å²) in [6, 6.07) is 10.9. The van der Waals surface area contributed by atoms with Crippen LogP contribution in [0, 0.1) is 5.92 Å². The van der Waals surface area contributed by atoms with Crippen molar-refractivity contribution in [3.8, 4) is 0 Å². The monoisotopic (exact) mass is 262 g/mol. The van der Waals surface area contributed by atoms with Crippen LogP contribution in [0.4, 0.5) is 0 Å². The number of hydrogen-bond acceptors (Lipinski definition) is 3. The number of ether oxygens (including phenoxy) is 1. The van der Waals surface area contributed by atoms with Crippen molar-refractivity contribution >= 4 is 0 Å². The van der Waals surface area contributed by atoms with Crippen LogP contribution in [0.25, 0.3) is 0 Å². The summed E-state index contributed by atoms with van der Waals surface area (Å²) in [5.41, 5.74) is 4.42. The molecule has 0 aliphatic carbocycles. The van der Waals surface area contributed by atoms with E-state index in [1.807, 2.05) is 0 Å². The second-order valence-electron chi connectivity index (χ2n) is 6.10. The van der Waals surface area contributed by atoms with Crippen molar-refractivity contribution in [1.29, 1.82) is 0 Å². The molecule has 1 unspecified atom stereocenters. The molecule has 1 aliphatic rings. The van der Waals surface area contributed by atoms with E-state index < -0.39 is 0 Å². The standard InChI is InChI=1S/C16H26N2O/c1-16(2,14-6-4-3-5-7-14)15(18-17)12-13-8-10-19-11-9-13/h3-7,13,15,18H,8-12,17H2,1-2H3. The molecule has 2 rings (SSSR count). The summed E-state index contributed by atoms with van der Waals surface area (Å²) in [6.07, 6.45) is 3.42. The van der Waals surface area contributed by atoms with Gasteiger partial charge in [0.05, 0.1) is 0 Å². The van der Waals surface area contributed by atoms with Crippen molar-refractivity contribution in [3.05, 3.63) is 35.9 Å². The van der Waals surface area contributed by atoms with Gasteiger partial charge < -0.3 is 4.74 Å². The molecule has 1 fully saturated rings. The van der Waals surface area contributed by atoms with Crippen LogP contribution >= 0.6 is 0 Å². The maximum Gasteiger partial charge on any atom is 0.0468 e. The summed E-state index contributed by atoms with van der Waals surface area (Å²) in [4.78, 5) is 0. The summed E-state index contributed by atoms with van der Waals surface area (Å²) >= 11 is 0. The van der Waals surface area contributed by atoms with Gasteiger partial charge in [-0.1, -0.05) is 44.2 Å². The lowest BCUT2D eigenvalue weighted by Crippen LogP contribution is -2.49. The van der Waals surface area contributed by atoms with E-state index in [-0.39, 0.29) is 11.5 Å². The van der Waals surface area contributed by atoms with Gasteiger partial charge in [0.25, 0.3) is 0 Å². The third-order valence-corrected chi connectivity index (χ3v) is 4.50. The van der Waals surface area contributed by atoms with E-state index in [1.165, 1.54) is 5.56 Å². The van der Waals surface area contributed by atoms with Crippen LogP contribution in [0.3, 0.4) is 0 Å². The molecule has 3 heteroatoms. The quantitative estimate of drug-likeness (QED) is 0.633. The van der Waals surface area contributed by atoms with Crippen LogP contribution in [0.5, 0.6) is 0 Å². The lowest BCUT2D eigenvalue weighted by Gasteiger charge is -2.37. The number of nitrogens with two attached hydrogens (primary N) is 1. The summed E-state index contributed by atoms with van der Waals surface area (Å²) in [7, 11) is 0. The molecule has 0 aromatic heterocycles. The van der Waals surface area contributed by atoms with Crippen LogP contribution in [-0.2, 0) is 10.2 Å². The smallest absolute Gasteiger partial charge is 0.0468 e. The fourth-order valence-electron chi connectivity index (χ4n) is 2.96. The molecule has 1 saturated heterocycles. The van der Waals surface area contributed by atoms with Gasteiger partial charge in [0, 0.05) is 24.7 Å². The van der Waals surface area contributed by atoms with Gasteiger partial charge in [-0.05, 0) is 30.7 Å². The third-order valence-electron chi connectivity index (χ3n) is 4.50.